The average Bonchev–Trinajstić information content (AvgIpc) is 3.16. The third-order valence-electron chi connectivity index (χ3n) is 3.48. The van der Waals surface area contributed by atoms with Gasteiger partial charge in [-0.25, -0.2) is 8.42 Å². The number of hydrogen-bond donors (Lipinski definition) is 2. The van der Waals surface area contributed by atoms with Gasteiger partial charge in [0, 0.05) is 17.8 Å². The smallest absolute Gasteiger partial charge is 0.269 e. The molecule has 0 unspecified atom stereocenters. The molecule has 0 aliphatic heterocycles. The molecule has 138 valence electrons. The molecule has 0 atom stereocenters. The van der Waals surface area contributed by atoms with E-state index in [9.17, 15) is 23.3 Å². The van der Waals surface area contributed by atoms with Crippen molar-refractivity contribution in [1.82, 2.24) is 0 Å². The zero-order valence-corrected chi connectivity index (χ0v) is 15.3. The fourth-order valence-corrected chi connectivity index (χ4v) is 3.89. The molecule has 0 bridgehead atoms. The third-order valence-corrected chi connectivity index (χ3v) is 5.74. The fourth-order valence-electron chi connectivity index (χ4n) is 2.22. The molecule has 1 amide bonds. The highest BCUT2D eigenvalue weighted by molar-refractivity contribution is 7.92. The first-order valence-corrected chi connectivity index (χ1v) is 9.94. The summed E-state index contributed by atoms with van der Waals surface area (Å²) in [5.74, 6) is -0.291. The molecule has 1 heterocycles. The van der Waals surface area contributed by atoms with E-state index in [1.807, 2.05) is 0 Å². The van der Waals surface area contributed by atoms with Crippen LogP contribution in [0.4, 0.5) is 17.1 Å². The highest BCUT2D eigenvalue weighted by Gasteiger charge is 2.16. The molecule has 8 nitrogen and oxygen atoms in total. The number of amides is 1. The number of rotatable bonds is 6. The van der Waals surface area contributed by atoms with Crippen LogP contribution in [0.15, 0.2) is 70.9 Å². The maximum absolute atomic E-state index is 12.4. The monoisotopic (exact) mass is 403 g/mol. The van der Waals surface area contributed by atoms with Crippen molar-refractivity contribution < 1.29 is 18.1 Å². The molecule has 0 fully saturated rings. The number of nitro benzene ring substituents is 1. The lowest BCUT2D eigenvalue weighted by atomic mass is 10.3. The van der Waals surface area contributed by atoms with E-state index >= 15 is 0 Å². The van der Waals surface area contributed by atoms with Gasteiger partial charge >= 0.3 is 0 Å². The quantitative estimate of drug-likeness (QED) is 0.480. The van der Waals surface area contributed by atoms with E-state index in [1.54, 1.807) is 29.6 Å². The Morgan fingerprint density at radius 1 is 1.00 bits per heavy atom. The summed E-state index contributed by atoms with van der Waals surface area (Å²) in [6.07, 6.45) is 0. The number of nitrogens with zero attached hydrogens (tertiary/aromatic N) is 1. The Morgan fingerprint density at radius 2 is 1.70 bits per heavy atom. The SMILES string of the molecule is O=C(Nc1cccc(NS(=O)(=O)c2ccc([N+](=O)[O-])cc2)c1)c1cccs1. The molecular formula is C17H13N3O5S2. The van der Waals surface area contributed by atoms with Crippen molar-refractivity contribution >= 4 is 44.3 Å². The molecule has 0 saturated heterocycles. The number of carbonyl (C=O) groups excluding carboxylic acids is 1. The van der Waals surface area contributed by atoms with Crippen molar-refractivity contribution in [2.75, 3.05) is 10.0 Å². The molecule has 0 aliphatic carbocycles. The number of non-ortho nitro benzene ring substituents is 1. The second-order valence-corrected chi connectivity index (χ2v) is 8.00. The van der Waals surface area contributed by atoms with Gasteiger partial charge in [0.05, 0.1) is 20.4 Å². The van der Waals surface area contributed by atoms with E-state index in [2.05, 4.69) is 10.0 Å². The van der Waals surface area contributed by atoms with Crippen LogP contribution < -0.4 is 10.0 Å². The van der Waals surface area contributed by atoms with Crippen molar-refractivity contribution in [1.29, 1.82) is 0 Å². The molecule has 3 rings (SSSR count). The maximum Gasteiger partial charge on any atom is 0.269 e. The lowest BCUT2D eigenvalue weighted by molar-refractivity contribution is -0.384. The topological polar surface area (TPSA) is 118 Å². The van der Waals surface area contributed by atoms with Crippen molar-refractivity contribution in [2.45, 2.75) is 4.90 Å². The molecule has 2 N–H and O–H groups in total. The van der Waals surface area contributed by atoms with Crippen LogP contribution in [0.25, 0.3) is 0 Å². The Morgan fingerprint density at radius 3 is 2.33 bits per heavy atom. The summed E-state index contributed by atoms with van der Waals surface area (Å²) in [5.41, 5.74) is 0.474. The van der Waals surface area contributed by atoms with Crippen LogP contribution >= 0.6 is 11.3 Å². The van der Waals surface area contributed by atoms with Crippen LogP contribution in [0.1, 0.15) is 9.67 Å². The van der Waals surface area contributed by atoms with Gasteiger partial charge in [0.15, 0.2) is 0 Å². The van der Waals surface area contributed by atoms with Crippen LogP contribution in [-0.2, 0) is 10.0 Å². The number of carbonyl (C=O) groups is 1. The number of anilines is 2. The van der Waals surface area contributed by atoms with Gasteiger partial charge < -0.3 is 5.32 Å². The minimum absolute atomic E-state index is 0.110. The molecule has 3 aromatic rings. The first kappa shape index (κ1) is 18.5. The van der Waals surface area contributed by atoms with Gasteiger partial charge in [-0.15, -0.1) is 11.3 Å². The van der Waals surface area contributed by atoms with E-state index in [0.29, 0.717) is 10.6 Å². The van der Waals surface area contributed by atoms with Crippen LogP contribution in [0.3, 0.4) is 0 Å². The summed E-state index contributed by atoms with van der Waals surface area (Å²) in [5, 5.41) is 15.1. The molecule has 0 radical (unpaired) electrons. The third kappa shape index (κ3) is 4.49. The lowest BCUT2D eigenvalue weighted by Gasteiger charge is -2.10. The Hall–Kier alpha value is -3.24. The number of hydrogen-bond acceptors (Lipinski definition) is 6. The molecule has 1 aromatic heterocycles. The van der Waals surface area contributed by atoms with E-state index in [0.717, 1.165) is 24.3 Å². The van der Waals surface area contributed by atoms with E-state index in [-0.39, 0.29) is 22.2 Å². The lowest BCUT2D eigenvalue weighted by Crippen LogP contribution is -2.14. The summed E-state index contributed by atoms with van der Waals surface area (Å²) in [4.78, 5) is 22.6. The molecule has 0 saturated carbocycles. The minimum Gasteiger partial charge on any atom is -0.321 e. The van der Waals surface area contributed by atoms with E-state index in [4.69, 9.17) is 0 Å². The summed E-state index contributed by atoms with van der Waals surface area (Å²) < 4.78 is 27.3. The van der Waals surface area contributed by atoms with Gasteiger partial charge in [0.1, 0.15) is 0 Å². The van der Waals surface area contributed by atoms with Crippen molar-refractivity contribution in [3.63, 3.8) is 0 Å². The Labute approximate surface area is 158 Å². The number of sulfonamides is 1. The first-order valence-electron chi connectivity index (χ1n) is 7.57. The van der Waals surface area contributed by atoms with Crippen LogP contribution in [-0.4, -0.2) is 19.2 Å². The summed E-state index contributed by atoms with van der Waals surface area (Å²) in [7, 11) is -3.93. The highest BCUT2D eigenvalue weighted by atomic mass is 32.2. The number of thiophene rings is 1. The van der Waals surface area contributed by atoms with Gasteiger partial charge in [-0.1, -0.05) is 12.1 Å². The van der Waals surface area contributed by atoms with Crippen molar-refractivity contribution in [3.8, 4) is 0 Å². The second-order valence-electron chi connectivity index (χ2n) is 5.37. The zero-order valence-electron chi connectivity index (χ0n) is 13.7. The Bertz CT molecular complexity index is 1080. The molecule has 10 heteroatoms. The Balaban J connectivity index is 1.76. The van der Waals surface area contributed by atoms with Crippen molar-refractivity contribution in [2.24, 2.45) is 0 Å². The first-order chi connectivity index (χ1) is 12.8. The second kappa shape index (κ2) is 7.56. The summed E-state index contributed by atoms with van der Waals surface area (Å²) >= 11 is 1.29. The average molecular weight is 403 g/mol. The number of nitro groups is 1. The van der Waals surface area contributed by atoms with Crippen LogP contribution in [0.5, 0.6) is 0 Å². The predicted molar refractivity (Wildman–Crippen MR) is 103 cm³/mol. The van der Waals surface area contributed by atoms with Gasteiger partial charge in [-0.3, -0.25) is 19.6 Å². The standard InChI is InChI=1S/C17H13N3O5S2/c21-17(16-5-2-10-26-16)18-12-3-1-4-13(11-12)19-27(24,25)15-8-6-14(7-9-15)20(22)23/h1-11,19H,(H,18,21). The van der Waals surface area contributed by atoms with Crippen molar-refractivity contribution in [3.05, 3.63) is 81.0 Å². The van der Waals surface area contributed by atoms with Gasteiger partial charge in [0.2, 0.25) is 0 Å². The molecular weight excluding hydrogens is 390 g/mol. The minimum atomic E-state index is -3.93. The fraction of sp³-hybridized carbons (Fsp3) is 0. The molecule has 27 heavy (non-hydrogen) atoms. The van der Waals surface area contributed by atoms with Gasteiger partial charge in [-0.05, 0) is 41.8 Å². The summed E-state index contributed by atoms with van der Waals surface area (Å²) in [6, 6.07) is 14.2. The Kier molecular flexibility index (Phi) is 5.19. The highest BCUT2D eigenvalue weighted by Crippen LogP contribution is 2.22. The van der Waals surface area contributed by atoms with Crippen LogP contribution in [0.2, 0.25) is 0 Å². The zero-order chi connectivity index (χ0) is 19.4. The van der Waals surface area contributed by atoms with E-state index < -0.39 is 14.9 Å². The molecule has 0 spiro atoms. The summed E-state index contributed by atoms with van der Waals surface area (Å²) in [6.45, 7) is 0. The van der Waals surface area contributed by atoms with Gasteiger partial charge in [0.25, 0.3) is 21.6 Å². The largest absolute Gasteiger partial charge is 0.321 e. The number of benzene rings is 2. The van der Waals surface area contributed by atoms with Gasteiger partial charge in [-0.2, -0.15) is 0 Å². The maximum atomic E-state index is 12.4. The predicted octanol–water partition coefficient (Wildman–Crippen LogP) is 3.71. The normalized spacial score (nSPS) is 11.0. The van der Waals surface area contributed by atoms with Crippen LogP contribution in [0, 0.1) is 10.1 Å². The molecule has 2 aromatic carbocycles. The number of nitrogens with one attached hydrogen (secondary N) is 2. The van der Waals surface area contributed by atoms with E-state index in [1.165, 1.54) is 23.5 Å². The molecule has 0 aliphatic rings.